The summed E-state index contributed by atoms with van der Waals surface area (Å²) >= 11 is 0. The van der Waals surface area contributed by atoms with Gasteiger partial charge in [-0.15, -0.1) is 0 Å². The highest BCUT2D eigenvalue weighted by Gasteiger charge is 2.63. The Morgan fingerprint density at radius 2 is 1.13 bits per heavy atom. The molecule has 6 atom stereocenters. The van der Waals surface area contributed by atoms with Crippen molar-refractivity contribution >= 4 is 29.8 Å². The van der Waals surface area contributed by atoms with Gasteiger partial charge in [0.15, 0.2) is 12.2 Å². The summed E-state index contributed by atoms with van der Waals surface area (Å²) in [5.41, 5.74) is 0.264. The summed E-state index contributed by atoms with van der Waals surface area (Å²) in [6.45, 7) is 4.54. The van der Waals surface area contributed by atoms with Gasteiger partial charge in [-0.1, -0.05) is 91.9 Å². The molecule has 1 aliphatic heterocycles. The molecule has 0 saturated carbocycles. The van der Waals surface area contributed by atoms with Crippen LogP contribution in [0, 0.1) is 5.82 Å². The van der Waals surface area contributed by atoms with E-state index in [2.05, 4.69) is 0 Å². The first-order valence-corrected chi connectivity index (χ1v) is 22.0. The van der Waals surface area contributed by atoms with Crippen molar-refractivity contribution in [2.45, 2.75) is 76.5 Å². The fourth-order valence-electron chi connectivity index (χ4n) is 7.67. The number of carbonyl (C=O) groups excluding carboxylic acids is 5. The minimum absolute atomic E-state index is 0.00602. The topological polar surface area (TPSA) is 170 Å². The minimum Gasteiger partial charge on any atom is -0.494 e. The molecule has 6 aromatic carbocycles. The van der Waals surface area contributed by atoms with E-state index in [1.165, 1.54) is 68.4 Å². The highest BCUT2D eigenvalue weighted by atomic mass is 19.1. The molecule has 0 bridgehead atoms. The maximum atomic E-state index is 17.1. The molecule has 1 saturated heterocycles. The maximum absolute atomic E-state index is 17.1. The third-order valence-electron chi connectivity index (χ3n) is 11.0. The third-order valence-corrected chi connectivity index (χ3v) is 11.0. The molecule has 0 aliphatic carbocycles. The lowest BCUT2D eigenvalue weighted by molar-refractivity contribution is -0.360. The third kappa shape index (κ3) is 11.6. The van der Waals surface area contributed by atoms with Crippen LogP contribution < -0.4 is 4.74 Å². The Labute approximate surface area is 392 Å². The van der Waals surface area contributed by atoms with Crippen LogP contribution in [0.15, 0.2) is 158 Å². The van der Waals surface area contributed by atoms with Crippen LogP contribution >= 0.6 is 0 Å². The Hall–Kier alpha value is -7.68. The molecular formula is C54H49FO13. The Bertz CT molecular complexity index is 2680. The number of halogens is 1. The van der Waals surface area contributed by atoms with Crippen molar-refractivity contribution in [1.29, 1.82) is 0 Å². The standard InChI is InChI=1S/C54H49FO13/c1-4-29-62-42-27-25-36(26-28-42)30-43-44(31-37(32-45(43)55)33-63-35(3)56)54(61)49(67-53(60)41-23-15-8-16-24-41)48(66-52(59)40-21-13-7-14-22-40)47(65-51(58)39-19-11-6-12-20-39)46(68-54)34(2)64-50(57)38-17-9-5-10-18-38/h5-28,31-32,34,46-49,61H,4,29-30,33H2,1-3H3/t34-,46+,47+,48-,49+,54+/m0/s1. The zero-order valence-corrected chi connectivity index (χ0v) is 37.5. The van der Waals surface area contributed by atoms with Gasteiger partial charge in [0.05, 0.1) is 28.9 Å². The Morgan fingerprint density at radius 1 is 0.647 bits per heavy atom. The SMILES string of the molecule is CCCOc1ccc(Cc2c(F)cc(COC(C)=O)cc2[C@@]2(O)O[C@H]([C@H](C)OC(=O)c3ccccc3)[C@@H](OC(=O)c3ccccc3)[C@H](OC(=O)c3ccccc3)[C@H]2OC(=O)c2ccccc2)cc1. The zero-order chi connectivity index (χ0) is 48.2. The van der Waals surface area contributed by atoms with E-state index in [0.29, 0.717) is 17.9 Å². The average Bonchev–Trinajstić information content (AvgIpc) is 3.36. The lowest BCUT2D eigenvalue weighted by atomic mass is 9.82. The van der Waals surface area contributed by atoms with Gasteiger partial charge < -0.3 is 38.3 Å². The molecule has 0 radical (unpaired) electrons. The van der Waals surface area contributed by atoms with E-state index in [-0.39, 0.29) is 45.4 Å². The number of hydrogen-bond acceptors (Lipinski definition) is 13. The predicted molar refractivity (Wildman–Crippen MR) is 244 cm³/mol. The predicted octanol–water partition coefficient (Wildman–Crippen LogP) is 8.73. The van der Waals surface area contributed by atoms with Gasteiger partial charge in [0.25, 0.3) is 0 Å². The number of hydrogen-bond donors (Lipinski definition) is 1. The molecule has 0 unspecified atom stereocenters. The minimum atomic E-state index is -3.05. The monoisotopic (exact) mass is 924 g/mol. The second-order valence-electron chi connectivity index (χ2n) is 16.0. The van der Waals surface area contributed by atoms with Crippen LogP contribution in [0.5, 0.6) is 5.75 Å². The second-order valence-corrected chi connectivity index (χ2v) is 16.0. The fraction of sp³-hybridized carbons (Fsp3) is 0.241. The summed E-state index contributed by atoms with van der Waals surface area (Å²) in [5.74, 6) is -7.90. The van der Waals surface area contributed by atoms with Crippen molar-refractivity contribution in [2.24, 2.45) is 0 Å². The summed E-state index contributed by atoms with van der Waals surface area (Å²) in [6.07, 6.45) is -8.66. The van der Waals surface area contributed by atoms with E-state index < -0.39 is 78.6 Å². The van der Waals surface area contributed by atoms with Crippen LogP contribution in [-0.4, -0.2) is 72.1 Å². The van der Waals surface area contributed by atoms with Crippen LogP contribution in [0.2, 0.25) is 0 Å². The van der Waals surface area contributed by atoms with E-state index in [1.54, 1.807) is 97.1 Å². The molecule has 0 amide bonds. The Kier molecular flexibility index (Phi) is 15.8. The highest BCUT2D eigenvalue weighted by molar-refractivity contribution is 5.92. The molecule has 68 heavy (non-hydrogen) atoms. The zero-order valence-electron chi connectivity index (χ0n) is 37.5. The molecule has 14 heteroatoms. The number of aliphatic hydroxyl groups is 1. The summed E-state index contributed by atoms with van der Waals surface area (Å²) in [6, 6.07) is 40.5. The second kappa shape index (κ2) is 22.2. The van der Waals surface area contributed by atoms with E-state index in [9.17, 15) is 29.1 Å². The van der Waals surface area contributed by atoms with E-state index in [0.717, 1.165) is 12.5 Å². The number of carbonyl (C=O) groups is 5. The first-order valence-electron chi connectivity index (χ1n) is 22.0. The molecule has 1 heterocycles. The van der Waals surface area contributed by atoms with Gasteiger partial charge in [-0.25, -0.2) is 23.6 Å². The fourth-order valence-corrected chi connectivity index (χ4v) is 7.67. The largest absolute Gasteiger partial charge is 0.494 e. The molecule has 1 aliphatic rings. The molecular weight excluding hydrogens is 876 g/mol. The smallest absolute Gasteiger partial charge is 0.338 e. The summed E-state index contributed by atoms with van der Waals surface area (Å²) < 4.78 is 59.4. The molecule has 0 aromatic heterocycles. The average molecular weight is 925 g/mol. The van der Waals surface area contributed by atoms with Gasteiger partial charge in [-0.3, -0.25) is 4.79 Å². The van der Waals surface area contributed by atoms with Crippen molar-refractivity contribution in [2.75, 3.05) is 6.61 Å². The van der Waals surface area contributed by atoms with Gasteiger partial charge in [0.1, 0.15) is 30.4 Å². The van der Waals surface area contributed by atoms with E-state index in [1.807, 2.05) is 6.92 Å². The van der Waals surface area contributed by atoms with Crippen LogP contribution in [0.3, 0.4) is 0 Å². The number of benzene rings is 6. The summed E-state index contributed by atoms with van der Waals surface area (Å²) in [5, 5.41) is 13.7. The maximum Gasteiger partial charge on any atom is 0.338 e. The Balaban J connectivity index is 1.46. The van der Waals surface area contributed by atoms with Crippen molar-refractivity contribution in [3.8, 4) is 5.75 Å². The summed E-state index contributed by atoms with van der Waals surface area (Å²) in [4.78, 5) is 68.7. The van der Waals surface area contributed by atoms with Crippen molar-refractivity contribution in [3.05, 3.63) is 208 Å². The van der Waals surface area contributed by atoms with Crippen molar-refractivity contribution in [3.63, 3.8) is 0 Å². The number of rotatable bonds is 17. The lowest BCUT2D eigenvalue weighted by Crippen LogP contribution is -2.68. The van der Waals surface area contributed by atoms with Crippen molar-refractivity contribution in [1.82, 2.24) is 0 Å². The molecule has 0 spiro atoms. The molecule has 13 nitrogen and oxygen atoms in total. The van der Waals surface area contributed by atoms with Gasteiger partial charge >= 0.3 is 29.8 Å². The van der Waals surface area contributed by atoms with Gasteiger partial charge in [0, 0.05) is 24.5 Å². The lowest BCUT2D eigenvalue weighted by Gasteiger charge is -2.50. The van der Waals surface area contributed by atoms with E-state index in [4.69, 9.17) is 33.2 Å². The van der Waals surface area contributed by atoms with Gasteiger partial charge in [-0.05, 0) is 97.3 Å². The molecule has 1 fully saturated rings. The molecule has 6 aromatic rings. The van der Waals surface area contributed by atoms with Crippen LogP contribution in [0.25, 0.3) is 0 Å². The van der Waals surface area contributed by atoms with Crippen LogP contribution in [0.4, 0.5) is 4.39 Å². The van der Waals surface area contributed by atoms with Crippen LogP contribution in [0.1, 0.15) is 90.9 Å². The summed E-state index contributed by atoms with van der Waals surface area (Å²) in [7, 11) is 0. The Morgan fingerprint density at radius 3 is 1.63 bits per heavy atom. The number of ether oxygens (including phenoxy) is 7. The molecule has 7 rings (SSSR count). The first kappa shape index (κ1) is 48.3. The highest BCUT2D eigenvalue weighted by Crippen LogP contribution is 2.45. The van der Waals surface area contributed by atoms with Gasteiger partial charge in [-0.2, -0.15) is 0 Å². The quantitative estimate of drug-likeness (QED) is 0.0681. The first-order chi connectivity index (χ1) is 32.8. The van der Waals surface area contributed by atoms with Gasteiger partial charge in [0.2, 0.25) is 11.9 Å². The van der Waals surface area contributed by atoms with Crippen molar-refractivity contribution < 1.29 is 66.6 Å². The van der Waals surface area contributed by atoms with E-state index >= 15 is 4.39 Å². The van der Waals surface area contributed by atoms with Crippen LogP contribution in [-0.2, 0) is 52.0 Å². The number of esters is 5. The normalized spacial score (nSPS) is 19.1. The molecule has 1 N–H and O–H groups in total. The molecule has 350 valence electrons.